The number of rotatable bonds is 7. The fraction of sp³-hybridized carbons (Fsp3) is 0.208. The van der Waals surface area contributed by atoms with Gasteiger partial charge in [0.15, 0.2) is 11.5 Å². The molecular formula is C24H24N4O3S. The predicted octanol–water partition coefficient (Wildman–Crippen LogP) is 4.88. The van der Waals surface area contributed by atoms with Crippen molar-refractivity contribution < 1.29 is 14.3 Å². The van der Waals surface area contributed by atoms with Gasteiger partial charge in [0.1, 0.15) is 9.71 Å². The lowest BCUT2D eigenvalue weighted by atomic mass is 10.1. The second-order valence-electron chi connectivity index (χ2n) is 7.17. The molecule has 0 unspecified atom stereocenters. The van der Waals surface area contributed by atoms with Crippen LogP contribution in [0.15, 0.2) is 53.9 Å². The molecule has 4 rings (SSSR count). The highest BCUT2D eigenvalue weighted by molar-refractivity contribution is 7.21. The highest BCUT2D eigenvalue weighted by atomic mass is 32.1. The number of nitrogens with zero attached hydrogens (tertiary/aromatic N) is 3. The van der Waals surface area contributed by atoms with Crippen LogP contribution in [0.5, 0.6) is 11.5 Å². The molecule has 3 aromatic heterocycles. The van der Waals surface area contributed by atoms with Crippen LogP contribution in [0.4, 0.5) is 0 Å². The number of amides is 1. The number of ether oxygens (including phenoxy) is 2. The minimum Gasteiger partial charge on any atom is -0.493 e. The van der Waals surface area contributed by atoms with Gasteiger partial charge in [-0.05, 0) is 68.3 Å². The lowest BCUT2D eigenvalue weighted by Crippen LogP contribution is -2.18. The zero-order valence-corrected chi connectivity index (χ0v) is 19.2. The maximum atomic E-state index is 13.1. The number of aromatic nitrogens is 2. The number of hydrogen-bond donors (Lipinski definition) is 1. The number of pyridine rings is 1. The van der Waals surface area contributed by atoms with Crippen molar-refractivity contribution in [2.24, 2.45) is 5.10 Å². The zero-order valence-electron chi connectivity index (χ0n) is 18.4. The summed E-state index contributed by atoms with van der Waals surface area (Å²) in [6.07, 6.45) is 5.43. The van der Waals surface area contributed by atoms with Crippen LogP contribution < -0.4 is 14.9 Å². The van der Waals surface area contributed by atoms with Crippen molar-refractivity contribution in [3.05, 3.63) is 70.5 Å². The van der Waals surface area contributed by atoms with Crippen molar-refractivity contribution >= 4 is 33.7 Å². The lowest BCUT2D eigenvalue weighted by molar-refractivity contribution is 0.0959. The molecule has 1 aromatic carbocycles. The summed E-state index contributed by atoms with van der Waals surface area (Å²) in [6, 6.07) is 11.4. The van der Waals surface area contributed by atoms with Gasteiger partial charge in [-0.2, -0.15) is 5.10 Å². The van der Waals surface area contributed by atoms with Crippen LogP contribution in [-0.2, 0) is 0 Å². The predicted molar refractivity (Wildman–Crippen MR) is 128 cm³/mol. The lowest BCUT2D eigenvalue weighted by Gasteiger charge is -2.09. The maximum absolute atomic E-state index is 13.1. The van der Waals surface area contributed by atoms with Crippen molar-refractivity contribution in [1.29, 1.82) is 0 Å². The molecular weight excluding hydrogens is 424 g/mol. The summed E-state index contributed by atoms with van der Waals surface area (Å²) in [4.78, 5) is 19.1. The molecule has 0 atom stereocenters. The fourth-order valence-corrected chi connectivity index (χ4v) is 4.75. The summed E-state index contributed by atoms with van der Waals surface area (Å²) in [5, 5.41) is 5.14. The number of carbonyl (C=O) groups excluding carboxylic acids is 1. The van der Waals surface area contributed by atoms with Crippen molar-refractivity contribution in [2.75, 3.05) is 13.7 Å². The van der Waals surface area contributed by atoms with Crippen LogP contribution in [0.25, 0.3) is 15.9 Å². The van der Waals surface area contributed by atoms with E-state index in [1.807, 2.05) is 68.1 Å². The number of aryl methyl sites for hydroxylation is 2. The summed E-state index contributed by atoms with van der Waals surface area (Å²) in [5.41, 5.74) is 6.25. The van der Waals surface area contributed by atoms with Gasteiger partial charge in [-0.15, -0.1) is 11.3 Å². The van der Waals surface area contributed by atoms with Gasteiger partial charge in [0.2, 0.25) is 0 Å². The Balaban J connectivity index is 1.64. The SMILES string of the molecule is CCOc1cc(/C=N\NC(=O)c2sc3nc(C)cc(C)c3c2-n2cccc2)ccc1OC. The molecule has 3 heterocycles. The van der Waals surface area contributed by atoms with Gasteiger partial charge in [0.25, 0.3) is 5.91 Å². The molecule has 32 heavy (non-hydrogen) atoms. The number of thiophene rings is 1. The topological polar surface area (TPSA) is 77.7 Å². The van der Waals surface area contributed by atoms with Crippen molar-refractivity contribution in [3.63, 3.8) is 0 Å². The third-order valence-corrected chi connectivity index (χ3v) is 5.97. The minimum absolute atomic E-state index is 0.288. The number of methoxy groups -OCH3 is 1. The van der Waals surface area contributed by atoms with Crippen LogP contribution in [0.3, 0.4) is 0 Å². The summed E-state index contributed by atoms with van der Waals surface area (Å²) < 4.78 is 12.8. The summed E-state index contributed by atoms with van der Waals surface area (Å²) in [7, 11) is 1.59. The molecule has 0 aliphatic rings. The Hall–Kier alpha value is -3.65. The summed E-state index contributed by atoms with van der Waals surface area (Å²) in [5.74, 6) is 0.984. The zero-order chi connectivity index (χ0) is 22.7. The first kappa shape index (κ1) is 21.6. The molecule has 1 amide bonds. The van der Waals surface area contributed by atoms with Gasteiger partial charge in [-0.1, -0.05) is 0 Å². The van der Waals surface area contributed by atoms with E-state index in [2.05, 4.69) is 15.5 Å². The molecule has 0 saturated heterocycles. The van der Waals surface area contributed by atoms with E-state index in [0.29, 0.717) is 23.0 Å². The highest BCUT2D eigenvalue weighted by Gasteiger charge is 2.22. The van der Waals surface area contributed by atoms with E-state index in [9.17, 15) is 4.79 Å². The Morgan fingerprint density at radius 1 is 1.22 bits per heavy atom. The normalized spacial score (nSPS) is 11.2. The van der Waals surface area contributed by atoms with E-state index in [1.54, 1.807) is 19.4 Å². The first-order chi connectivity index (χ1) is 15.5. The Bertz CT molecular complexity index is 1290. The largest absolute Gasteiger partial charge is 0.493 e. The smallest absolute Gasteiger partial charge is 0.283 e. The van der Waals surface area contributed by atoms with Crippen molar-refractivity contribution in [1.82, 2.24) is 15.0 Å². The molecule has 4 aromatic rings. The number of fused-ring (bicyclic) bond motifs is 1. The second kappa shape index (κ2) is 9.23. The Morgan fingerprint density at radius 3 is 2.72 bits per heavy atom. The van der Waals surface area contributed by atoms with Crippen LogP contribution >= 0.6 is 11.3 Å². The number of hydrazone groups is 1. The van der Waals surface area contributed by atoms with Gasteiger partial charge < -0.3 is 14.0 Å². The maximum Gasteiger partial charge on any atom is 0.283 e. The van der Waals surface area contributed by atoms with E-state index < -0.39 is 0 Å². The molecule has 1 N–H and O–H groups in total. The average molecular weight is 449 g/mol. The van der Waals surface area contributed by atoms with E-state index in [4.69, 9.17) is 9.47 Å². The Morgan fingerprint density at radius 2 is 2.00 bits per heavy atom. The molecule has 0 fully saturated rings. The first-order valence-corrected chi connectivity index (χ1v) is 11.0. The molecule has 0 saturated carbocycles. The molecule has 7 nitrogen and oxygen atoms in total. The molecule has 0 aliphatic heterocycles. The molecule has 0 spiro atoms. The Labute approximate surface area is 190 Å². The third-order valence-electron chi connectivity index (χ3n) is 4.90. The molecule has 0 aliphatic carbocycles. The molecule has 0 bridgehead atoms. The third kappa shape index (κ3) is 4.22. The van der Waals surface area contributed by atoms with Gasteiger partial charge in [-0.3, -0.25) is 4.79 Å². The van der Waals surface area contributed by atoms with E-state index in [1.165, 1.54) is 11.3 Å². The van der Waals surface area contributed by atoms with Crippen molar-refractivity contribution in [2.45, 2.75) is 20.8 Å². The van der Waals surface area contributed by atoms with E-state index in [-0.39, 0.29) is 5.91 Å². The second-order valence-corrected chi connectivity index (χ2v) is 8.17. The monoisotopic (exact) mass is 448 g/mol. The van der Waals surface area contributed by atoms with Crippen LogP contribution in [-0.4, -0.2) is 35.4 Å². The van der Waals surface area contributed by atoms with Gasteiger partial charge >= 0.3 is 0 Å². The van der Waals surface area contributed by atoms with Crippen LogP contribution in [0.2, 0.25) is 0 Å². The fourth-order valence-electron chi connectivity index (χ4n) is 3.56. The summed E-state index contributed by atoms with van der Waals surface area (Å²) >= 11 is 1.36. The van der Waals surface area contributed by atoms with E-state index in [0.717, 1.165) is 32.7 Å². The number of hydrogen-bond acceptors (Lipinski definition) is 6. The Kier molecular flexibility index (Phi) is 6.23. The van der Waals surface area contributed by atoms with Gasteiger partial charge in [0, 0.05) is 23.5 Å². The standard InChI is InChI=1S/C24H24N4O3S/c1-5-31-19-13-17(8-9-18(19)30-4)14-25-27-23(29)22-21(28-10-6-7-11-28)20-15(2)12-16(3)26-24(20)32-22/h6-14H,5H2,1-4H3,(H,27,29)/b25-14-. The first-order valence-electron chi connectivity index (χ1n) is 10.2. The quantitative estimate of drug-likeness (QED) is 0.323. The minimum atomic E-state index is -0.288. The van der Waals surface area contributed by atoms with Crippen LogP contribution in [0.1, 0.15) is 33.4 Å². The number of nitrogens with one attached hydrogen (secondary N) is 1. The van der Waals surface area contributed by atoms with Gasteiger partial charge in [0.05, 0.1) is 25.6 Å². The van der Waals surface area contributed by atoms with Crippen LogP contribution in [0, 0.1) is 13.8 Å². The molecule has 8 heteroatoms. The van der Waals surface area contributed by atoms with Crippen molar-refractivity contribution in [3.8, 4) is 17.2 Å². The van der Waals surface area contributed by atoms with E-state index >= 15 is 0 Å². The molecule has 164 valence electrons. The number of carbonyl (C=O) groups is 1. The average Bonchev–Trinajstić information content (AvgIpc) is 3.42. The highest BCUT2D eigenvalue weighted by Crippen LogP contribution is 2.35. The summed E-state index contributed by atoms with van der Waals surface area (Å²) in [6.45, 7) is 6.42. The molecule has 0 radical (unpaired) electrons. The number of benzene rings is 1. The van der Waals surface area contributed by atoms with Gasteiger partial charge in [-0.25, -0.2) is 10.4 Å².